The predicted molar refractivity (Wildman–Crippen MR) is 81.3 cm³/mol. The first kappa shape index (κ1) is 14.2. The second kappa shape index (κ2) is 5.95. The van der Waals surface area contributed by atoms with Crippen LogP contribution in [0.4, 0.5) is 0 Å². The van der Waals surface area contributed by atoms with Crippen molar-refractivity contribution in [2.75, 3.05) is 19.7 Å². The number of aliphatic hydroxyl groups excluding tert-OH is 1. The highest BCUT2D eigenvalue weighted by molar-refractivity contribution is 5.46. The number of hydrogen-bond acceptors (Lipinski definition) is 4. The third-order valence-electron chi connectivity index (χ3n) is 4.29. The van der Waals surface area contributed by atoms with Gasteiger partial charge in [0.25, 0.3) is 5.56 Å². The Morgan fingerprint density at radius 2 is 2.14 bits per heavy atom. The van der Waals surface area contributed by atoms with Gasteiger partial charge in [0.1, 0.15) is 5.65 Å². The fourth-order valence-electron chi connectivity index (χ4n) is 2.95. The van der Waals surface area contributed by atoms with Crippen molar-refractivity contribution < 1.29 is 5.11 Å². The molecule has 1 N–H and O–H groups in total. The second-order valence-electron chi connectivity index (χ2n) is 5.87. The molecule has 1 fully saturated rings. The van der Waals surface area contributed by atoms with Crippen LogP contribution < -0.4 is 5.56 Å². The van der Waals surface area contributed by atoms with Crippen LogP contribution >= 0.6 is 0 Å². The maximum Gasteiger partial charge on any atom is 0.258 e. The monoisotopic (exact) mass is 287 g/mol. The van der Waals surface area contributed by atoms with Crippen molar-refractivity contribution in [2.45, 2.75) is 26.3 Å². The molecule has 0 spiro atoms. The van der Waals surface area contributed by atoms with Gasteiger partial charge in [-0.2, -0.15) is 0 Å². The number of hydrogen-bond donors (Lipinski definition) is 1. The first-order valence-corrected chi connectivity index (χ1v) is 7.48. The van der Waals surface area contributed by atoms with Gasteiger partial charge in [-0.3, -0.25) is 14.1 Å². The normalized spacial score (nSPS) is 17.4. The van der Waals surface area contributed by atoms with Gasteiger partial charge >= 0.3 is 0 Å². The number of likely N-dealkylation sites (tertiary alicyclic amines) is 1. The van der Waals surface area contributed by atoms with E-state index in [9.17, 15) is 9.90 Å². The third-order valence-corrected chi connectivity index (χ3v) is 4.29. The van der Waals surface area contributed by atoms with Gasteiger partial charge < -0.3 is 5.11 Å². The number of nitrogens with zero attached hydrogens (tertiary/aromatic N) is 3. The van der Waals surface area contributed by atoms with Crippen LogP contribution in [0.1, 0.15) is 24.1 Å². The Labute approximate surface area is 123 Å². The summed E-state index contributed by atoms with van der Waals surface area (Å²) in [6.07, 6.45) is 3.79. The molecular weight excluding hydrogens is 266 g/mol. The number of fused-ring (bicyclic) bond motifs is 1. The van der Waals surface area contributed by atoms with E-state index in [1.54, 1.807) is 16.7 Å². The molecule has 0 aromatic carbocycles. The summed E-state index contributed by atoms with van der Waals surface area (Å²) in [6.45, 7) is 4.87. The summed E-state index contributed by atoms with van der Waals surface area (Å²) in [7, 11) is 0. The number of aromatic nitrogens is 2. The van der Waals surface area contributed by atoms with Crippen LogP contribution in [0.5, 0.6) is 0 Å². The number of rotatable bonds is 3. The van der Waals surface area contributed by atoms with E-state index in [4.69, 9.17) is 0 Å². The van der Waals surface area contributed by atoms with Crippen molar-refractivity contribution in [2.24, 2.45) is 5.92 Å². The number of piperidine rings is 1. The zero-order valence-corrected chi connectivity index (χ0v) is 12.3. The molecule has 21 heavy (non-hydrogen) atoms. The molecule has 0 radical (unpaired) electrons. The van der Waals surface area contributed by atoms with Gasteiger partial charge in [-0.15, -0.1) is 0 Å². The molecule has 2 aromatic rings. The van der Waals surface area contributed by atoms with Gasteiger partial charge in [-0.25, -0.2) is 4.98 Å². The lowest BCUT2D eigenvalue weighted by atomic mass is 9.98. The molecule has 1 aliphatic rings. The van der Waals surface area contributed by atoms with Crippen LogP contribution in [0.3, 0.4) is 0 Å². The molecule has 1 aliphatic heterocycles. The quantitative estimate of drug-likeness (QED) is 0.922. The van der Waals surface area contributed by atoms with E-state index in [2.05, 4.69) is 9.88 Å². The highest BCUT2D eigenvalue weighted by atomic mass is 16.3. The zero-order valence-electron chi connectivity index (χ0n) is 12.3. The summed E-state index contributed by atoms with van der Waals surface area (Å²) >= 11 is 0. The van der Waals surface area contributed by atoms with E-state index in [0.717, 1.165) is 42.8 Å². The SMILES string of the molecule is Cc1cccn2c(=O)cc(CN3CCC(CO)CC3)nc12. The molecular formula is C16H21N3O2. The van der Waals surface area contributed by atoms with Crippen molar-refractivity contribution in [1.82, 2.24) is 14.3 Å². The Hall–Kier alpha value is -1.72. The Bertz CT molecular complexity index is 687. The number of aryl methyl sites for hydroxylation is 1. The number of aliphatic hydroxyl groups is 1. The fourth-order valence-corrected chi connectivity index (χ4v) is 2.95. The van der Waals surface area contributed by atoms with Crippen molar-refractivity contribution in [3.8, 4) is 0 Å². The average Bonchev–Trinajstić information content (AvgIpc) is 2.49. The summed E-state index contributed by atoms with van der Waals surface area (Å²) in [6, 6.07) is 5.47. The molecule has 1 saturated heterocycles. The molecule has 0 amide bonds. The van der Waals surface area contributed by atoms with Gasteiger partial charge in [-0.05, 0) is 50.4 Å². The van der Waals surface area contributed by atoms with E-state index < -0.39 is 0 Å². The van der Waals surface area contributed by atoms with Crippen LogP contribution in [0.15, 0.2) is 29.2 Å². The van der Waals surface area contributed by atoms with Crippen molar-refractivity contribution >= 4 is 5.65 Å². The third kappa shape index (κ3) is 2.99. The maximum absolute atomic E-state index is 12.2. The van der Waals surface area contributed by atoms with E-state index in [0.29, 0.717) is 12.5 Å². The molecule has 5 nitrogen and oxygen atoms in total. The standard InChI is InChI=1S/C16H21N3O2/c1-12-3-2-6-19-15(21)9-14(17-16(12)19)10-18-7-4-13(11-20)5-8-18/h2-3,6,9,13,20H,4-5,7-8,10-11H2,1H3. The Morgan fingerprint density at radius 1 is 1.38 bits per heavy atom. The second-order valence-corrected chi connectivity index (χ2v) is 5.87. The molecule has 2 aromatic heterocycles. The van der Waals surface area contributed by atoms with E-state index in [1.165, 1.54) is 0 Å². The highest BCUT2D eigenvalue weighted by Gasteiger charge is 2.19. The Kier molecular flexibility index (Phi) is 4.03. The highest BCUT2D eigenvalue weighted by Crippen LogP contribution is 2.18. The zero-order chi connectivity index (χ0) is 14.8. The molecule has 112 valence electrons. The number of pyridine rings is 1. The van der Waals surface area contributed by atoms with Crippen LogP contribution in [-0.4, -0.2) is 39.1 Å². The molecule has 3 rings (SSSR count). The van der Waals surface area contributed by atoms with Crippen molar-refractivity contribution in [3.63, 3.8) is 0 Å². The predicted octanol–water partition coefficient (Wildman–Crippen LogP) is 1.21. The van der Waals surface area contributed by atoms with Gasteiger partial charge in [0, 0.05) is 25.4 Å². The average molecular weight is 287 g/mol. The molecule has 3 heterocycles. The summed E-state index contributed by atoms with van der Waals surface area (Å²) in [4.78, 5) is 19.1. The van der Waals surface area contributed by atoms with E-state index in [1.807, 2.05) is 19.1 Å². The lowest BCUT2D eigenvalue weighted by molar-refractivity contribution is 0.126. The minimum Gasteiger partial charge on any atom is -0.396 e. The minimum absolute atomic E-state index is 0.0241. The molecule has 0 atom stereocenters. The Balaban J connectivity index is 1.82. The summed E-state index contributed by atoms with van der Waals surface area (Å²) in [5.74, 6) is 0.429. The van der Waals surface area contributed by atoms with Gasteiger partial charge in [0.2, 0.25) is 0 Å². The van der Waals surface area contributed by atoms with Crippen molar-refractivity contribution in [1.29, 1.82) is 0 Å². The summed E-state index contributed by atoms with van der Waals surface area (Å²) in [5, 5.41) is 9.18. The van der Waals surface area contributed by atoms with E-state index >= 15 is 0 Å². The van der Waals surface area contributed by atoms with Crippen molar-refractivity contribution in [3.05, 3.63) is 46.0 Å². The molecule has 0 unspecified atom stereocenters. The smallest absolute Gasteiger partial charge is 0.258 e. The largest absolute Gasteiger partial charge is 0.396 e. The van der Waals surface area contributed by atoms with E-state index in [-0.39, 0.29) is 12.2 Å². The summed E-state index contributed by atoms with van der Waals surface area (Å²) in [5.41, 5.74) is 2.56. The van der Waals surface area contributed by atoms with Gasteiger partial charge in [-0.1, -0.05) is 6.07 Å². The molecule has 0 aliphatic carbocycles. The van der Waals surface area contributed by atoms with Gasteiger partial charge in [0.05, 0.1) is 5.69 Å². The van der Waals surface area contributed by atoms with Gasteiger partial charge in [0.15, 0.2) is 0 Å². The first-order chi connectivity index (χ1) is 10.2. The van der Waals surface area contributed by atoms with Crippen LogP contribution in [0.2, 0.25) is 0 Å². The van der Waals surface area contributed by atoms with Crippen LogP contribution in [0.25, 0.3) is 5.65 Å². The minimum atomic E-state index is -0.0241. The first-order valence-electron chi connectivity index (χ1n) is 7.48. The topological polar surface area (TPSA) is 57.8 Å². The maximum atomic E-state index is 12.2. The fraction of sp³-hybridized carbons (Fsp3) is 0.500. The summed E-state index contributed by atoms with van der Waals surface area (Å²) < 4.78 is 1.59. The Morgan fingerprint density at radius 3 is 2.86 bits per heavy atom. The molecule has 5 heteroatoms. The molecule has 0 bridgehead atoms. The lowest BCUT2D eigenvalue weighted by Gasteiger charge is -2.30. The lowest BCUT2D eigenvalue weighted by Crippen LogP contribution is -2.35. The molecule has 0 saturated carbocycles. The van der Waals surface area contributed by atoms with Crippen LogP contribution in [0, 0.1) is 12.8 Å². The van der Waals surface area contributed by atoms with Crippen LogP contribution in [-0.2, 0) is 6.54 Å².